The Balaban J connectivity index is 1.52. The predicted molar refractivity (Wildman–Crippen MR) is 183 cm³/mol. The van der Waals surface area contributed by atoms with Gasteiger partial charge >= 0.3 is 14.5 Å². The van der Waals surface area contributed by atoms with Gasteiger partial charge in [-0.25, -0.2) is 4.98 Å². The van der Waals surface area contributed by atoms with E-state index in [9.17, 15) is 18.0 Å². The lowest BCUT2D eigenvalue weighted by atomic mass is 10.0. The van der Waals surface area contributed by atoms with E-state index in [1.807, 2.05) is 66.7 Å². The Kier molecular flexibility index (Phi) is 8.27. The van der Waals surface area contributed by atoms with Crippen molar-refractivity contribution in [1.29, 1.82) is 0 Å². The Morgan fingerprint density at radius 1 is 0.809 bits per heavy atom. The molecule has 47 heavy (non-hydrogen) atoms. The van der Waals surface area contributed by atoms with E-state index < -0.39 is 31.0 Å². The van der Waals surface area contributed by atoms with Gasteiger partial charge in [-0.15, -0.1) is 0 Å². The highest BCUT2D eigenvalue weighted by atomic mass is 28.4. The molecule has 9 heteroatoms. The van der Waals surface area contributed by atoms with Crippen molar-refractivity contribution in [3.05, 3.63) is 145 Å². The second kappa shape index (κ2) is 12.2. The number of rotatable bonds is 7. The minimum atomic E-state index is -4.64. The average molecular weight is 650 g/mol. The molecule has 238 valence electrons. The van der Waals surface area contributed by atoms with Gasteiger partial charge in [-0.2, -0.15) is 13.2 Å². The number of hydrogen-bond donors (Lipinski definition) is 1. The summed E-state index contributed by atoms with van der Waals surface area (Å²) in [4.78, 5) is 18.5. The maximum Gasteiger partial charge on any atom is 0.416 e. The Morgan fingerprint density at radius 2 is 1.43 bits per heavy atom. The summed E-state index contributed by atoms with van der Waals surface area (Å²) >= 11 is 0. The first kappa shape index (κ1) is 31.8. The second-order valence-corrected chi connectivity index (χ2v) is 16.8. The van der Waals surface area contributed by atoms with Gasteiger partial charge in [0.1, 0.15) is 5.75 Å². The molecule has 0 aliphatic rings. The highest BCUT2D eigenvalue weighted by Crippen LogP contribution is 2.40. The normalized spacial score (nSPS) is 12.2. The molecule has 5 aromatic carbocycles. The quantitative estimate of drug-likeness (QED) is 0.176. The average Bonchev–Trinajstić information content (AvgIpc) is 3.49. The zero-order valence-electron chi connectivity index (χ0n) is 26.5. The molecule has 1 N–H and O–H groups in total. The van der Waals surface area contributed by atoms with Crippen molar-refractivity contribution in [3.8, 4) is 11.4 Å². The lowest BCUT2D eigenvalue weighted by Crippen LogP contribution is -2.69. The summed E-state index contributed by atoms with van der Waals surface area (Å²) < 4.78 is 51.0. The minimum Gasteiger partial charge on any atom is -0.533 e. The number of aryl methyl sites for hydroxylation is 1. The zero-order valence-corrected chi connectivity index (χ0v) is 27.5. The maximum atomic E-state index is 14.4. The Bertz CT molecular complexity index is 2010. The molecule has 0 bridgehead atoms. The summed E-state index contributed by atoms with van der Waals surface area (Å²) in [5.41, 5.74) is 0.216. The largest absolute Gasteiger partial charge is 0.533 e. The number of carbonyl (C=O) groups is 1. The molecule has 1 heterocycles. The van der Waals surface area contributed by atoms with Crippen molar-refractivity contribution in [1.82, 2.24) is 9.55 Å². The van der Waals surface area contributed by atoms with Crippen LogP contribution < -0.4 is 20.1 Å². The van der Waals surface area contributed by atoms with Crippen LogP contribution in [0, 0.1) is 6.92 Å². The van der Waals surface area contributed by atoms with E-state index in [-0.39, 0.29) is 16.9 Å². The van der Waals surface area contributed by atoms with Crippen molar-refractivity contribution in [2.45, 2.75) is 38.9 Å². The first-order chi connectivity index (χ1) is 22.4. The van der Waals surface area contributed by atoms with Crippen LogP contribution in [0.25, 0.3) is 16.5 Å². The van der Waals surface area contributed by atoms with Gasteiger partial charge in [0, 0.05) is 17.6 Å². The van der Waals surface area contributed by atoms with Crippen LogP contribution in [0.3, 0.4) is 0 Å². The summed E-state index contributed by atoms with van der Waals surface area (Å²) in [6, 6.07) is 34.7. The highest BCUT2D eigenvalue weighted by Gasteiger charge is 2.52. The summed E-state index contributed by atoms with van der Waals surface area (Å²) in [6.45, 7) is 8.17. The molecule has 0 aliphatic carbocycles. The monoisotopic (exact) mass is 649 g/mol. The van der Waals surface area contributed by atoms with Gasteiger partial charge in [-0.05, 0) is 57.4 Å². The number of anilines is 1. The van der Waals surface area contributed by atoms with Gasteiger partial charge in [0.15, 0.2) is 0 Å². The van der Waals surface area contributed by atoms with Crippen LogP contribution in [0.4, 0.5) is 18.9 Å². The maximum absolute atomic E-state index is 14.4. The first-order valence-corrected chi connectivity index (χ1v) is 17.1. The van der Waals surface area contributed by atoms with Gasteiger partial charge in [-0.1, -0.05) is 112 Å². The molecule has 0 saturated heterocycles. The molecule has 5 nitrogen and oxygen atoms in total. The molecule has 0 fully saturated rings. The number of aromatic nitrogens is 2. The lowest BCUT2D eigenvalue weighted by molar-refractivity contribution is -0.137. The van der Waals surface area contributed by atoms with Crippen LogP contribution in [0.2, 0.25) is 5.04 Å². The van der Waals surface area contributed by atoms with Crippen LogP contribution in [0.1, 0.15) is 42.4 Å². The third kappa shape index (κ3) is 6.18. The first-order valence-electron chi connectivity index (χ1n) is 15.2. The predicted octanol–water partition coefficient (Wildman–Crippen LogP) is 8.54. The number of nitrogens with zero attached hydrogens (tertiary/aromatic N) is 2. The van der Waals surface area contributed by atoms with Crippen LogP contribution in [0.15, 0.2) is 128 Å². The van der Waals surface area contributed by atoms with E-state index in [2.05, 4.69) is 55.3 Å². The number of halogens is 3. The van der Waals surface area contributed by atoms with E-state index in [0.29, 0.717) is 16.8 Å². The van der Waals surface area contributed by atoms with Crippen molar-refractivity contribution >= 4 is 41.1 Å². The van der Waals surface area contributed by atoms with Crippen molar-refractivity contribution in [2.75, 3.05) is 5.32 Å². The fourth-order valence-electron chi connectivity index (χ4n) is 6.14. The number of nitrogens with one attached hydrogen (secondary N) is 1. The number of amides is 1. The molecule has 0 spiro atoms. The summed E-state index contributed by atoms with van der Waals surface area (Å²) in [7, 11) is -3.17. The molecular formula is C38H34F3N3O2Si. The Hall–Kier alpha value is -5.15. The van der Waals surface area contributed by atoms with E-state index in [4.69, 9.17) is 4.43 Å². The van der Waals surface area contributed by atoms with Gasteiger partial charge in [0.2, 0.25) is 0 Å². The van der Waals surface area contributed by atoms with E-state index in [1.165, 1.54) is 17.0 Å². The second-order valence-electron chi connectivity index (χ2n) is 12.6. The third-order valence-corrected chi connectivity index (χ3v) is 13.2. The number of carbonyl (C=O) groups excluding carboxylic acids is 1. The minimum absolute atomic E-state index is 0.00416. The highest BCUT2D eigenvalue weighted by molar-refractivity contribution is 7.00. The zero-order chi connectivity index (χ0) is 33.4. The molecule has 6 aromatic rings. The van der Waals surface area contributed by atoms with E-state index in [0.717, 1.165) is 27.9 Å². The Labute approximate surface area is 272 Å². The molecule has 0 atom stereocenters. The summed E-state index contributed by atoms with van der Waals surface area (Å²) in [6.07, 6.45) is -1.57. The summed E-state index contributed by atoms with van der Waals surface area (Å²) in [5, 5.41) is 5.86. The molecule has 6 rings (SSSR count). The number of benzene rings is 5. The van der Waals surface area contributed by atoms with E-state index in [1.54, 1.807) is 19.2 Å². The number of hydrogen-bond acceptors (Lipinski definition) is 3. The summed E-state index contributed by atoms with van der Waals surface area (Å²) in [5.74, 6) is -0.227. The van der Waals surface area contributed by atoms with Crippen LogP contribution in [-0.4, -0.2) is 23.8 Å². The number of fused-ring (bicyclic) bond motifs is 1. The van der Waals surface area contributed by atoms with Gasteiger partial charge in [0.05, 0.1) is 23.1 Å². The van der Waals surface area contributed by atoms with Crippen molar-refractivity contribution < 1.29 is 22.4 Å². The molecule has 0 unspecified atom stereocenters. The fraction of sp³-hybridized carbons (Fsp3) is 0.158. The molecule has 0 aliphatic heterocycles. The SMILES string of the molecule is Cc1cn(-c2cc(NC(=O)c3c(O[Si](c4ccccc4)(c4ccccc4)C(C)(C)C)ccc4ccccc34)cc(C(F)(F)F)c2)cn1. The van der Waals surface area contributed by atoms with Crippen molar-refractivity contribution in [2.24, 2.45) is 0 Å². The number of imidazole rings is 1. The number of alkyl halides is 3. The third-order valence-electron chi connectivity index (χ3n) is 8.31. The van der Waals surface area contributed by atoms with Crippen LogP contribution >= 0.6 is 0 Å². The molecule has 1 amide bonds. The van der Waals surface area contributed by atoms with Crippen LogP contribution in [-0.2, 0) is 6.18 Å². The molecule has 0 saturated carbocycles. The molecule has 0 radical (unpaired) electrons. The lowest BCUT2D eigenvalue weighted by Gasteiger charge is -2.43. The molecule has 1 aromatic heterocycles. The van der Waals surface area contributed by atoms with Crippen LogP contribution in [0.5, 0.6) is 5.75 Å². The van der Waals surface area contributed by atoms with Crippen molar-refractivity contribution in [3.63, 3.8) is 0 Å². The standard InChI is InChI=1S/C38H34F3N3O2Si/c1-26-24-44(25-42-26)30-22-28(38(39,40)41)21-29(23-30)43-36(45)35-33-18-12-11-13-27(33)19-20-34(35)46-47(37(2,3)4,31-14-7-5-8-15-31)32-16-9-6-10-17-32/h5-25H,1-4H3,(H,43,45). The van der Waals surface area contributed by atoms with E-state index >= 15 is 0 Å². The topological polar surface area (TPSA) is 56.2 Å². The van der Waals surface area contributed by atoms with Gasteiger partial charge < -0.3 is 14.3 Å². The fourth-order valence-corrected chi connectivity index (χ4v) is 10.6. The van der Waals surface area contributed by atoms with Gasteiger partial charge in [0.25, 0.3) is 5.91 Å². The molecular weight excluding hydrogens is 616 g/mol. The van der Waals surface area contributed by atoms with Gasteiger partial charge in [-0.3, -0.25) is 4.79 Å². The Morgan fingerprint density at radius 3 is 2.00 bits per heavy atom. The smallest absolute Gasteiger partial charge is 0.416 e.